The fourth-order valence-electron chi connectivity index (χ4n) is 1.00. The smallest absolute Gasteiger partial charge is 0.242 e. The van der Waals surface area contributed by atoms with Crippen LogP contribution in [0.4, 0.5) is 11.5 Å². The van der Waals surface area contributed by atoms with E-state index in [2.05, 4.69) is 15.3 Å². The molecule has 0 radical (unpaired) electrons. The summed E-state index contributed by atoms with van der Waals surface area (Å²) in [5, 5.41) is 3.03. The molecule has 0 aliphatic rings. The molecule has 0 aromatic carbocycles. The summed E-state index contributed by atoms with van der Waals surface area (Å²) < 4.78 is 5.42. The SMILES string of the molecule is CCNc1ncnc(OC(C)C)c1N. The monoisotopic (exact) mass is 196 g/mol. The lowest BCUT2D eigenvalue weighted by atomic mass is 10.4. The number of nitrogen functional groups attached to an aromatic ring is 1. The van der Waals surface area contributed by atoms with Crippen LogP contribution >= 0.6 is 0 Å². The summed E-state index contributed by atoms with van der Waals surface area (Å²) in [6.07, 6.45) is 1.49. The van der Waals surface area contributed by atoms with E-state index in [9.17, 15) is 0 Å². The third-order valence-corrected chi connectivity index (χ3v) is 1.54. The molecule has 14 heavy (non-hydrogen) atoms. The fraction of sp³-hybridized carbons (Fsp3) is 0.556. The molecule has 0 bridgehead atoms. The minimum absolute atomic E-state index is 0.0571. The fourth-order valence-corrected chi connectivity index (χ4v) is 1.00. The van der Waals surface area contributed by atoms with Crippen LogP contribution in [0.15, 0.2) is 6.33 Å². The van der Waals surface area contributed by atoms with Crippen LogP contribution in [0.5, 0.6) is 5.88 Å². The molecule has 1 heterocycles. The van der Waals surface area contributed by atoms with Crippen LogP contribution in [0.2, 0.25) is 0 Å². The first-order chi connectivity index (χ1) is 6.65. The van der Waals surface area contributed by atoms with E-state index in [4.69, 9.17) is 10.5 Å². The molecular weight excluding hydrogens is 180 g/mol. The zero-order valence-electron chi connectivity index (χ0n) is 8.74. The topological polar surface area (TPSA) is 73.1 Å². The average Bonchev–Trinajstić information content (AvgIpc) is 2.11. The summed E-state index contributed by atoms with van der Waals surface area (Å²) in [5.41, 5.74) is 6.27. The van der Waals surface area contributed by atoms with Gasteiger partial charge in [-0.1, -0.05) is 0 Å². The molecule has 0 spiro atoms. The molecule has 1 aromatic rings. The first-order valence-corrected chi connectivity index (χ1v) is 4.66. The number of nitrogens with one attached hydrogen (secondary N) is 1. The molecule has 0 aliphatic heterocycles. The van der Waals surface area contributed by atoms with Crippen LogP contribution in [0.3, 0.4) is 0 Å². The zero-order valence-corrected chi connectivity index (χ0v) is 8.74. The van der Waals surface area contributed by atoms with Gasteiger partial charge in [-0.15, -0.1) is 0 Å². The zero-order chi connectivity index (χ0) is 10.6. The normalized spacial score (nSPS) is 10.3. The molecule has 78 valence electrons. The highest BCUT2D eigenvalue weighted by Crippen LogP contribution is 2.24. The summed E-state index contributed by atoms with van der Waals surface area (Å²) >= 11 is 0. The van der Waals surface area contributed by atoms with Crippen molar-refractivity contribution in [3.63, 3.8) is 0 Å². The molecule has 0 fully saturated rings. The van der Waals surface area contributed by atoms with Gasteiger partial charge in [0.2, 0.25) is 5.88 Å². The average molecular weight is 196 g/mol. The van der Waals surface area contributed by atoms with E-state index in [1.807, 2.05) is 20.8 Å². The maximum atomic E-state index is 5.81. The molecule has 0 aliphatic carbocycles. The molecule has 1 aromatic heterocycles. The van der Waals surface area contributed by atoms with Crippen molar-refractivity contribution in [3.8, 4) is 5.88 Å². The number of nitrogens with zero attached hydrogens (tertiary/aromatic N) is 2. The summed E-state index contributed by atoms with van der Waals surface area (Å²) in [5.74, 6) is 1.06. The van der Waals surface area contributed by atoms with E-state index < -0.39 is 0 Å². The van der Waals surface area contributed by atoms with Crippen LogP contribution in [-0.2, 0) is 0 Å². The minimum Gasteiger partial charge on any atom is -0.473 e. The lowest BCUT2D eigenvalue weighted by molar-refractivity contribution is 0.234. The molecule has 0 saturated heterocycles. The Morgan fingerprint density at radius 2 is 2.21 bits per heavy atom. The Morgan fingerprint density at radius 1 is 1.50 bits per heavy atom. The quantitative estimate of drug-likeness (QED) is 0.758. The first kappa shape index (κ1) is 10.6. The van der Waals surface area contributed by atoms with Crippen molar-refractivity contribution in [2.24, 2.45) is 0 Å². The molecule has 5 heteroatoms. The lowest BCUT2D eigenvalue weighted by Crippen LogP contribution is -2.11. The molecule has 0 atom stereocenters. The maximum Gasteiger partial charge on any atom is 0.242 e. The lowest BCUT2D eigenvalue weighted by Gasteiger charge is -2.12. The summed E-state index contributed by atoms with van der Waals surface area (Å²) in [6, 6.07) is 0. The number of ether oxygens (including phenoxy) is 1. The van der Waals surface area contributed by atoms with Gasteiger partial charge < -0.3 is 15.8 Å². The first-order valence-electron chi connectivity index (χ1n) is 4.66. The van der Waals surface area contributed by atoms with Gasteiger partial charge in [-0.3, -0.25) is 0 Å². The van der Waals surface area contributed by atoms with E-state index in [1.165, 1.54) is 6.33 Å². The molecule has 3 N–H and O–H groups in total. The van der Waals surface area contributed by atoms with E-state index in [-0.39, 0.29) is 6.10 Å². The third kappa shape index (κ3) is 2.48. The van der Waals surface area contributed by atoms with Gasteiger partial charge in [0.1, 0.15) is 12.0 Å². The van der Waals surface area contributed by atoms with Crippen LogP contribution in [0.25, 0.3) is 0 Å². The van der Waals surface area contributed by atoms with Crippen molar-refractivity contribution < 1.29 is 4.74 Å². The second kappa shape index (κ2) is 4.64. The van der Waals surface area contributed by atoms with Crippen molar-refractivity contribution in [2.75, 3.05) is 17.6 Å². The van der Waals surface area contributed by atoms with Crippen molar-refractivity contribution >= 4 is 11.5 Å². The summed E-state index contributed by atoms with van der Waals surface area (Å²) in [6.45, 7) is 6.59. The van der Waals surface area contributed by atoms with Crippen molar-refractivity contribution in [3.05, 3.63) is 6.33 Å². The second-order valence-corrected chi connectivity index (χ2v) is 3.14. The number of hydrogen-bond donors (Lipinski definition) is 2. The standard InChI is InChI=1S/C9H16N4O/c1-4-11-8-7(10)9(13-5-12-8)14-6(2)3/h5-6H,4,10H2,1-3H3,(H,11,12,13). The number of hydrogen-bond acceptors (Lipinski definition) is 5. The summed E-state index contributed by atoms with van der Waals surface area (Å²) in [7, 11) is 0. The molecule has 0 amide bonds. The molecular formula is C9H16N4O. The summed E-state index contributed by atoms with van der Waals surface area (Å²) in [4.78, 5) is 7.97. The molecule has 1 rings (SSSR count). The Balaban J connectivity index is 2.89. The van der Waals surface area contributed by atoms with Gasteiger partial charge in [-0.05, 0) is 20.8 Å². The van der Waals surface area contributed by atoms with Gasteiger partial charge >= 0.3 is 0 Å². The second-order valence-electron chi connectivity index (χ2n) is 3.14. The van der Waals surface area contributed by atoms with Crippen LogP contribution in [0.1, 0.15) is 20.8 Å². The van der Waals surface area contributed by atoms with Gasteiger partial charge in [-0.2, -0.15) is 4.98 Å². The van der Waals surface area contributed by atoms with Gasteiger partial charge in [0.05, 0.1) is 6.10 Å². The van der Waals surface area contributed by atoms with Crippen LogP contribution in [-0.4, -0.2) is 22.6 Å². The Morgan fingerprint density at radius 3 is 2.79 bits per heavy atom. The van der Waals surface area contributed by atoms with Gasteiger partial charge in [-0.25, -0.2) is 4.98 Å². The highest BCUT2D eigenvalue weighted by atomic mass is 16.5. The number of rotatable bonds is 4. The predicted octanol–water partition coefficient (Wildman–Crippen LogP) is 1.28. The third-order valence-electron chi connectivity index (χ3n) is 1.54. The number of aromatic nitrogens is 2. The highest BCUT2D eigenvalue weighted by molar-refractivity contribution is 5.66. The molecule has 5 nitrogen and oxygen atoms in total. The van der Waals surface area contributed by atoms with Crippen molar-refractivity contribution in [1.82, 2.24) is 9.97 Å². The van der Waals surface area contributed by atoms with Crippen molar-refractivity contribution in [1.29, 1.82) is 0 Å². The Kier molecular flexibility index (Phi) is 3.50. The Hall–Kier alpha value is -1.52. The predicted molar refractivity (Wildman–Crippen MR) is 56.4 cm³/mol. The highest BCUT2D eigenvalue weighted by Gasteiger charge is 2.09. The molecule has 0 saturated carbocycles. The number of anilines is 2. The number of nitrogens with two attached hydrogens (primary N) is 1. The Bertz CT molecular complexity index is 301. The maximum absolute atomic E-state index is 5.81. The van der Waals surface area contributed by atoms with Crippen molar-refractivity contribution in [2.45, 2.75) is 26.9 Å². The van der Waals surface area contributed by atoms with Gasteiger partial charge in [0.15, 0.2) is 5.82 Å². The van der Waals surface area contributed by atoms with E-state index in [0.717, 1.165) is 6.54 Å². The van der Waals surface area contributed by atoms with Crippen LogP contribution < -0.4 is 15.8 Å². The van der Waals surface area contributed by atoms with E-state index >= 15 is 0 Å². The minimum atomic E-state index is 0.0571. The van der Waals surface area contributed by atoms with Crippen LogP contribution in [0, 0.1) is 0 Å². The molecule has 0 unspecified atom stereocenters. The van der Waals surface area contributed by atoms with Gasteiger partial charge in [0.25, 0.3) is 0 Å². The van der Waals surface area contributed by atoms with Gasteiger partial charge in [0, 0.05) is 6.54 Å². The van der Waals surface area contributed by atoms with E-state index in [1.54, 1.807) is 0 Å². The van der Waals surface area contributed by atoms with E-state index in [0.29, 0.717) is 17.4 Å². The Labute approximate surface area is 83.7 Å². The largest absolute Gasteiger partial charge is 0.473 e.